The zero-order chi connectivity index (χ0) is 14.4. The molecule has 0 aliphatic carbocycles. The van der Waals surface area contributed by atoms with Crippen molar-refractivity contribution in [2.24, 2.45) is 5.92 Å². The van der Waals surface area contributed by atoms with Crippen LogP contribution in [-0.2, 0) is 11.2 Å². The van der Waals surface area contributed by atoms with E-state index >= 15 is 0 Å². The van der Waals surface area contributed by atoms with Crippen molar-refractivity contribution in [3.05, 3.63) is 36.0 Å². The second kappa shape index (κ2) is 4.88. The van der Waals surface area contributed by atoms with Crippen LogP contribution in [0.2, 0.25) is 0 Å². The molecule has 3 heterocycles. The third-order valence-electron chi connectivity index (χ3n) is 5.08. The molecule has 2 aliphatic rings. The molecule has 2 aliphatic heterocycles. The lowest BCUT2D eigenvalue weighted by molar-refractivity contribution is -0.132. The van der Waals surface area contributed by atoms with Crippen LogP contribution < -0.4 is 5.32 Å². The highest BCUT2D eigenvalue weighted by Gasteiger charge is 2.43. The van der Waals surface area contributed by atoms with Gasteiger partial charge in [-0.3, -0.25) is 4.79 Å². The number of H-pyrrole nitrogens is 1. The number of aromatic amines is 1. The van der Waals surface area contributed by atoms with Gasteiger partial charge in [0.1, 0.15) is 0 Å². The number of hydrogen-bond acceptors (Lipinski definition) is 2. The molecule has 2 fully saturated rings. The summed E-state index contributed by atoms with van der Waals surface area (Å²) in [6.07, 6.45) is 3.61. The molecule has 2 aromatic rings. The Morgan fingerprint density at radius 1 is 1.33 bits per heavy atom. The van der Waals surface area contributed by atoms with Crippen molar-refractivity contribution in [1.29, 1.82) is 0 Å². The summed E-state index contributed by atoms with van der Waals surface area (Å²) in [6, 6.07) is 8.96. The van der Waals surface area contributed by atoms with E-state index in [4.69, 9.17) is 0 Å². The van der Waals surface area contributed by atoms with E-state index in [0.717, 1.165) is 30.6 Å². The smallest absolute Gasteiger partial charge is 0.227 e. The lowest BCUT2D eigenvalue weighted by Crippen LogP contribution is -2.43. The molecule has 1 aromatic carbocycles. The molecular formula is C17H21N3O. The molecule has 3 atom stereocenters. The predicted molar refractivity (Wildman–Crippen MR) is 83.1 cm³/mol. The molecule has 0 spiro atoms. The van der Waals surface area contributed by atoms with Crippen molar-refractivity contribution in [1.82, 2.24) is 15.2 Å². The van der Waals surface area contributed by atoms with Gasteiger partial charge in [-0.2, -0.15) is 0 Å². The fourth-order valence-corrected chi connectivity index (χ4v) is 4.13. The van der Waals surface area contributed by atoms with Crippen molar-refractivity contribution < 1.29 is 4.79 Å². The first-order chi connectivity index (χ1) is 10.2. The van der Waals surface area contributed by atoms with E-state index in [1.165, 1.54) is 5.39 Å². The van der Waals surface area contributed by atoms with E-state index in [-0.39, 0.29) is 5.91 Å². The molecule has 4 heteroatoms. The average molecular weight is 283 g/mol. The van der Waals surface area contributed by atoms with Crippen molar-refractivity contribution in [2.45, 2.75) is 31.8 Å². The summed E-state index contributed by atoms with van der Waals surface area (Å²) in [4.78, 5) is 18.2. The van der Waals surface area contributed by atoms with Gasteiger partial charge in [0.25, 0.3) is 0 Å². The number of fused-ring (bicyclic) bond motifs is 2. The molecular weight excluding hydrogens is 262 g/mol. The summed E-state index contributed by atoms with van der Waals surface area (Å²) in [7, 11) is 0. The van der Waals surface area contributed by atoms with Crippen LogP contribution in [0, 0.1) is 5.92 Å². The maximum Gasteiger partial charge on any atom is 0.227 e. The van der Waals surface area contributed by atoms with E-state index in [2.05, 4.69) is 34.3 Å². The minimum absolute atomic E-state index is 0.267. The summed E-state index contributed by atoms with van der Waals surface area (Å²) < 4.78 is 0. The Morgan fingerprint density at radius 2 is 2.19 bits per heavy atom. The van der Waals surface area contributed by atoms with Gasteiger partial charge in [-0.1, -0.05) is 18.2 Å². The Morgan fingerprint density at radius 3 is 3.10 bits per heavy atom. The van der Waals surface area contributed by atoms with Crippen LogP contribution in [0.5, 0.6) is 0 Å². The van der Waals surface area contributed by atoms with Gasteiger partial charge in [0.05, 0.1) is 6.42 Å². The SMILES string of the molecule is CC1CC2CNCC2N1C(=O)Cc1c[nH]c2ccccc12. The Balaban J connectivity index is 1.58. The molecule has 110 valence electrons. The van der Waals surface area contributed by atoms with Gasteiger partial charge < -0.3 is 15.2 Å². The fraction of sp³-hybridized carbons (Fsp3) is 0.471. The molecule has 4 nitrogen and oxygen atoms in total. The topological polar surface area (TPSA) is 48.1 Å². The summed E-state index contributed by atoms with van der Waals surface area (Å²) in [5.74, 6) is 0.912. The number of amides is 1. The number of rotatable bonds is 2. The number of benzene rings is 1. The Kier molecular flexibility index (Phi) is 3.00. The van der Waals surface area contributed by atoms with E-state index in [1.807, 2.05) is 18.3 Å². The van der Waals surface area contributed by atoms with Gasteiger partial charge in [0, 0.05) is 42.3 Å². The van der Waals surface area contributed by atoms with Crippen molar-refractivity contribution in [2.75, 3.05) is 13.1 Å². The van der Waals surface area contributed by atoms with Crippen molar-refractivity contribution in [3.63, 3.8) is 0 Å². The summed E-state index contributed by atoms with van der Waals surface area (Å²) in [6.45, 7) is 4.20. The largest absolute Gasteiger partial charge is 0.361 e. The molecule has 1 amide bonds. The summed E-state index contributed by atoms with van der Waals surface area (Å²) in [5, 5.41) is 4.58. The monoisotopic (exact) mass is 283 g/mol. The average Bonchev–Trinajstić information content (AvgIpc) is 3.13. The van der Waals surface area contributed by atoms with Gasteiger partial charge in [0.2, 0.25) is 5.91 Å². The number of likely N-dealkylation sites (tertiary alicyclic amines) is 1. The lowest BCUT2D eigenvalue weighted by atomic mass is 10.0. The predicted octanol–water partition coefficient (Wildman–Crippen LogP) is 1.92. The normalized spacial score (nSPS) is 28.2. The number of nitrogens with one attached hydrogen (secondary N) is 2. The van der Waals surface area contributed by atoms with Crippen LogP contribution in [0.3, 0.4) is 0 Å². The van der Waals surface area contributed by atoms with E-state index in [9.17, 15) is 4.79 Å². The lowest BCUT2D eigenvalue weighted by Gasteiger charge is -2.27. The number of carbonyl (C=O) groups excluding carboxylic acids is 1. The van der Waals surface area contributed by atoms with E-state index < -0.39 is 0 Å². The second-order valence-corrected chi connectivity index (χ2v) is 6.41. The van der Waals surface area contributed by atoms with Crippen molar-refractivity contribution >= 4 is 16.8 Å². The molecule has 3 unspecified atom stereocenters. The minimum atomic E-state index is 0.267. The molecule has 2 N–H and O–H groups in total. The highest BCUT2D eigenvalue weighted by molar-refractivity contribution is 5.89. The summed E-state index contributed by atoms with van der Waals surface area (Å²) in [5.41, 5.74) is 2.22. The Bertz CT molecular complexity index is 677. The molecule has 1 aromatic heterocycles. The first-order valence-electron chi connectivity index (χ1n) is 7.81. The maximum absolute atomic E-state index is 12.8. The quantitative estimate of drug-likeness (QED) is 0.884. The number of nitrogens with zero attached hydrogens (tertiary/aromatic N) is 1. The van der Waals surface area contributed by atoms with E-state index in [0.29, 0.717) is 24.4 Å². The molecule has 0 bridgehead atoms. The van der Waals surface area contributed by atoms with Gasteiger partial charge in [-0.25, -0.2) is 0 Å². The molecule has 0 saturated carbocycles. The number of hydrogen-bond donors (Lipinski definition) is 2. The highest BCUT2D eigenvalue weighted by Crippen LogP contribution is 2.33. The number of para-hydroxylation sites is 1. The molecule has 2 saturated heterocycles. The minimum Gasteiger partial charge on any atom is -0.361 e. The fourth-order valence-electron chi connectivity index (χ4n) is 4.13. The van der Waals surface area contributed by atoms with Gasteiger partial charge in [-0.05, 0) is 30.9 Å². The Labute approximate surface area is 124 Å². The van der Waals surface area contributed by atoms with Gasteiger partial charge in [0.15, 0.2) is 0 Å². The third-order valence-corrected chi connectivity index (χ3v) is 5.08. The van der Waals surface area contributed by atoms with Crippen LogP contribution in [0.1, 0.15) is 18.9 Å². The van der Waals surface area contributed by atoms with Crippen molar-refractivity contribution in [3.8, 4) is 0 Å². The first-order valence-corrected chi connectivity index (χ1v) is 7.81. The zero-order valence-electron chi connectivity index (χ0n) is 12.3. The Hall–Kier alpha value is -1.81. The summed E-state index contributed by atoms with van der Waals surface area (Å²) >= 11 is 0. The second-order valence-electron chi connectivity index (χ2n) is 6.41. The number of aromatic nitrogens is 1. The van der Waals surface area contributed by atoms with Gasteiger partial charge >= 0.3 is 0 Å². The standard InChI is InChI=1S/C17H21N3O/c1-11-6-13-8-18-10-16(13)20(11)17(21)7-12-9-19-15-5-3-2-4-14(12)15/h2-5,9,11,13,16,18-19H,6-8,10H2,1H3. The zero-order valence-corrected chi connectivity index (χ0v) is 12.3. The van der Waals surface area contributed by atoms with Crippen LogP contribution >= 0.6 is 0 Å². The van der Waals surface area contributed by atoms with Crippen LogP contribution in [-0.4, -0.2) is 41.0 Å². The van der Waals surface area contributed by atoms with E-state index in [1.54, 1.807) is 0 Å². The molecule has 4 rings (SSSR count). The highest BCUT2D eigenvalue weighted by atomic mass is 16.2. The van der Waals surface area contributed by atoms with Crippen LogP contribution in [0.4, 0.5) is 0 Å². The van der Waals surface area contributed by atoms with Gasteiger partial charge in [-0.15, -0.1) is 0 Å². The van der Waals surface area contributed by atoms with Crippen LogP contribution in [0.15, 0.2) is 30.5 Å². The molecule has 0 radical (unpaired) electrons. The molecule has 21 heavy (non-hydrogen) atoms. The third kappa shape index (κ3) is 2.05. The maximum atomic E-state index is 12.8. The first kappa shape index (κ1) is 12.9. The number of carbonyl (C=O) groups is 1. The van der Waals surface area contributed by atoms with Crippen LogP contribution in [0.25, 0.3) is 10.9 Å².